The topological polar surface area (TPSA) is 59.9 Å². The lowest BCUT2D eigenvalue weighted by atomic mass is 10.3. The van der Waals surface area contributed by atoms with Crippen LogP contribution in [0.5, 0.6) is 5.75 Å². The molecule has 0 fully saturated rings. The summed E-state index contributed by atoms with van der Waals surface area (Å²) in [6, 6.07) is 5.99. The molecule has 26 heavy (non-hydrogen) atoms. The van der Waals surface area contributed by atoms with Gasteiger partial charge in [0.05, 0.1) is 5.69 Å². The van der Waals surface area contributed by atoms with Crippen molar-refractivity contribution in [3.63, 3.8) is 0 Å². The van der Waals surface area contributed by atoms with Crippen molar-refractivity contribution in [1.29, 1.82) is 0 Å². The third kappa shape index (κ3) is 5.93. The van der Waals surface area contributed by atoms with E-state index in [1.54, 1.807) is 46.6 Å². The van der Waals surface area contributed by atoms with Gasteiger partial charge in [0.15, 0.2) is 4.34 Å². The Balaban J connectivity index is 1.44. The molecular weight excluding hydrogens is 391 g/mol. The van der Waals surface area contributed by atoms with Gasteiger partial charge in [-0.2, -0.15) is 0 Å². The Bertz CT molecular complexity index is 806. The summed E-state index contributed by atoms with van der Waals surface area (Å²) in [4.78, 5) is 4.56. The van der Waals surface area contributed by atoms with Crippen molar-refractivity contribution in [2.24, 2.45) is 0 Å². The van der Waals surface area contributed by atoms with Crippen LogP contribution in [0.2, 0.25) is 0 Å². The zero-order valence-corrected chi connectivity index (χ0v) is 16.7. The summed E-state index contributed by atoms with van der Waals surface area (Å²) in [5, 5.41) is 15.4. The molecule has 0 radical (unpaired) electrons. The summed E-state index contributed by atoms with van der Waals surface area (Å²) in [5.41, 5.74) is 0.994. The molecule has 0 atom stereocenters. The molecule has 0 aliphatic heterocycles. The van der Waals surface area contributed by atoms with Crippen LogP contribution in [0.4, 0.5) is 9.52 Å². The normalized spacial score (nSPS) is 10.8. The van der Waals surface area contributed by atoms with Crippen LogP contribution >= 0.6 is 34.4 Å². The highest BCUT2D eigenvalue weighted by molar-refractivity contribution is 8.00. The average molecular weight is 411 g/mol. The summed E-state index contributed by atoms with van der Waals surface area (Å²) in [5.74, 6) is 1.11. The molecule has 0 amide bonds. The van der Waals surface area contributed by atoms with Gasteiger partial charge < -0.3 is 10.1 Å². The lowest BCUT2D eigenvalue weighted by molar-refractivity contribution is 0.305. The van der Waals surface area contributed by atoms with Gasteiger partial charge in [-0.15, -0.1) is 21.5 Å². The average Bonchev–Trinajstić information content (AvgIpc) is 3.29. The summed E-state index contributed by atoms with van der Waals surface area (Å²) in [6.07, 6.45) is 2.29. The van der Waals surface area contributed by atoms with E-state index >= 15 is 0 Å². The number of nitrogens with zero attached hydrogens (tertiary/aromatic N) is 3. The van der Waals surface area contributed by atoms with Crippen molar-refractivity contribution in [3.8, 4) is 5.75 Å². The fourth-order valence-corrected chi connectivity index (χ4v) is 4.49. The Kier molecular flexibility index (Phi) is 7.22. The first-order chi connectivity index (χ1) is 12.7. The van der Waals surface area contributed by atoms with Crippen molar-refractivity contribution in [1.82, 2.24) is 15.2 Å². The Morgan fingerprint density at radius 1 is 1.23 bits per heavy atom. The SMILES string of the molecule is CCCCNc1nnc(SCc2csc(COc3ccc(F)cc3)n2)s1. The van der Waals surface area contributed by atoms with Gasteiger partial charge in [-0.05, 0) is 30.7 Å². The molecule has 0 saturated heterocycles. The first-order valence-corrected chi connectivity index (χ1v) is 10.9. The van der Waals surface area contributed by atoms with Crippen LogP contribution in [-0.4, -0.2) is 21.7 Å². The molecule has 3 rings (SSSR count). The molecule has 2 heterocycles. The van der Waals surface area contributed by atoms with E-state index in [4.69, 9.17) is 4.74 Å². The van der Waals surface area contributed by atoms with Gasteiger partial charge in [0.2, 0.25) is 5.13 Å². The van der Waals surface area contributed by atoms with Crippen molar-refractivity contribution in [2.75, 3.05) is 11.9 Å². The number of anilines is 1. The maximum Gasteiger partial charge on any atom is 0.206 e. The van der Waals surface area contributed by atoms with E-state index in [-0.39, 0.29) is 5.82 Å². The standard InChI is InChI=1S/C17H19FN4OS3/c1-2-3-8-19-16-21-22-17(26-16)25-11-13-10-24-15(20-13)9-23-14-6-4-12(18)5-7-14/h4-7,10H,2-3,8-9,11H2,1H3,(H,19,21). The van der Waals surface area contributed by atoms with E-state index in [0.29, 0.717) is 12.4 Å². The molecule has 9 heteroatoms. The smallest absolute Gasteiger partial charge is 0.206 e. The molecule has 138 valence electrons. The van der Waals surface area contributed by atoms with Crippen LogP contribution in [0.25, 0.3) is 0 Å². The predicted octanol–water partition coefficient (Wildman–Crippen LogP) is 5.22. The van der Waals surface area contributed by atoms with Crippen LogP contribution in [0.3, 0.4) is 0 Å². The first kappa shape index (κ1) is 19.1. The molecule has 3 aromatic rings. The van der Waals surface area contributed by atoms with Gasteiger partial charge >= 0.3 is 0 Å². The number of halogens is 1. The Morgan fingerprint density at radius 3 is 2.88 bits per heavy atom. The van der Waals surface area contributed by atoms with E-state index in [2.05, 4.69) is 27.4 Å². The highest BCUT2D eigenvalue weighted by Gasteiger charge is 2.08. The largest absolute Gasteiger partial charge is 0.486 e. The molecule has 0 saturated carbocycles. The molecule has 0 spiro atoms. The van der Waals surface area contributed by atoms with E-state index in [1.807, 2.05) is 5.38 Å². The molecule has 0 aliphatic carbocycles. The number of thiazole rings is 1. The second-order valence-electron chi connectivity index (χ2n) is 5.42. The van der Waals surface area contributed by atoms with Gasteiger partial charge in [-0.25, -0.2) is 9.37 Å². The highest BCUT2D eigenvalue weighted by Crippen LogP contribution is 2.28. The molecule has 0 bridgehead atoms. The summed E-state index contributed by atoms with van der Waals surface area (Å²) in [6.45, 7) is 3.47. The molecule has 0 aliphatic rings. The minimum absolute atomic E-state index is 0.272. The zero-order valence-electron chi connectivity index (χ0n) is 14.3. The van der Waals surface area contributed by atoms with Crippen molar-refractivity contribution < 1.29 is 9.13 Å². The summed E-state index contributed by atoms with van der Waals surface area (Å²) in [7, 11) is 0. The molecule has 5 nitrogen and oxygen atoms in total. The van der Waals surface area contributed by atoms with Gasteiger partial charge in [0.25, 0.3) is 0 Å². The molecule has 1 N–H and O–H groups in total. The number of rotatable bonds is 10. The number of ether oxygens (including phenoxy) is 1. The number of benzene rings is 1. The fraction of sp³-hybridized carbons (Fsp3) is 0.353. The third-order valence-electron chi connectivity index (χ3n) is 3.33. The number of aromatic nitrogens is 3. The minimum atomic E-state index is -0.272. The van der Waals surface area contributed by atoms with Crippen LogP contribution in [0.15, 0.2) is 34.0 Å². The number of hydrogen-bond acceptors (Lipinski definition) is 8. The van der Waals surface area contributed by atoms with Crippen molar-refractivity contribution in [3.05, 3.63) is 46.2 Å². The quantitative estimate of drug-likeness (QED) is 0.365. The maximum atomic E-state index is 12.9. The van der Waals surface area contributed by atoms with Crippen LogP contribution in [-0.2, 0) is 12.4 Å². The van der Waals surface area contributed by atoms with Gasteiger partial charge in [-0.3, -0.25) is 0 Å². The second kappa shape index (κ2) is 9.84. The minimum Gasteiger partial charge on any atom is -0.486 e. The third-order valence-corrected chi connectivity index (χ3v) is 6.25. The second-order valence-corrected chi connectivity index (χ2v) is 8.56. The number of unbranched alkanes of at least 4 members (excludes halogenated alkanes) is 1. The molecule has 0 unspecified atom stereocenters. The summed E-state index contributed by atoms with van der Waals surface area (Å²) < 4.78 is 19.4. The van der Waals surface area contributed by atoms with Crippen molar-refractivity contribution >= 4 is 39.6 Å². The maximum absolute atomic E-state index is 12.9. The highest BCUT2D eigenvalue weighted by atomic mass is 32.2. The van der Waals surface area contributed by atoms with Crippen LogP contribution in [0, 0.1) is 5.82 Å². The number of nitrogens with one attached hydrogen (secondary N) is 1. The predicted molar refractivity (Wildman–Crippen MR) is 106 cm³/mol. The lowest BCUT2D eigenvalue weighted by Crippen LogP contribution is -1.99. The van der Waals surface area contributed by atoms with E-state index in [1.165, 1.54) is 12.1 Å². The van der Waals surface area contributed by atoms with Gasteiger partial charge in [-0.1, -0.05) is 36.4 Å². The molecular formula is C17H19FN4OS3. The Labute approximate surface area is 164 Å². The van der Waals surface area contributed by atoms with E-state index in [0.717, 1.165) is 45.3 Å². The lowest BCUT2D eigenvalue weighted by Gasteiger charge is -2.03. The number of thioether (sulfide) groups is 1. The van der Waals surface area contributed by atoms with E-state index in [9.17, 15) is 4.39 Å². The molecule has 2 aromatic heterocycles. The number of hydrogen-bond donors (Lipinski definition) is 1. The van der Waals surface area contributed by atoms with Gasteiger partial charge in [0, 0.05) is 17.7 Å². The first-order valence-electron chi connectivity index (χ1n) is 8.24. The summed E-state index contributed by atoms with van der Waals surface area (Å²) >= 11 is 4.75. The zero-order chi connectivity index (χ0) is 18.2. The van der Waals surface area contributed by atoms with E-state index < -0.39 is 0 Å². The fourth-order valence-electron chi connectivity index (χ4n) is 2.00. The Hall–Kier alpha value is -1.71. The monoisotopic (exact) mass is 410 g/mol. The van der Waals surface area contributed by atoms with Gasteiger partial charge in [0.1, 0.15) is 23.2 Å². The Morgan fingerprint density at radius 2 is 2.08 bits per heavy atom. The van der Waals surface area contributed by atoms with Crippen molar-refractivity contribution in [2.45, 2.75) is 36.5 Å². The van der Waals surface area contributed by atoms with Crippen LogP contribution < -0.4 is 10.1 Å². The molecule has 1 aromatic carbocycles. The van der Waals surface area contributed by atoms with Crippen LogP contribution in [0.1, 0.15) is 30.5 Å².